The first-order chi connectivity index (χ1) is 12.3. The van der Waals surface area contributed by atoms with Gasteiger partial charge in [0.05, 0.1) is 12.5 Å². The second-order valence-corrected chi connectivity index (χ2v) is 6.49. The molecule has 4 aromatic rings. The summed E-state index contributed by atoms with van der Waals surface area (Å²) in [7, 11) is 1.69. The summed E-state index contributed by atoms with van der Waals surface area (Å²) in [4.78, 5) is 12.1. The highest BCUT2D eigenvalue weighted by Gasteiger charge is 2.23. The summed E-state index contributed by atoms with van der Waals surface area (Å²) in [5.41, 5.74) is 3.14. The number of H-pyrrole nitrogens is 1. The highest BCUT2D eigenvalue weighted by Crippen LogP contribution is 2.35. The Hall–Kier alpha value is -3.08. The van der Waals surface area contributed by atoms with Gasteiger partial charge >= 0.3 is 0 Å². The summed E-state index contributed by atoms with van der Waals surface area (Å²) >= 11 is 0. The molecule has 124 valence electrons. The summed E-state index contributed by atoms with van der Waals surface area (Å²) in [6.07, 6.45) is 6.05. The van der Waals surface area contributed by atoms with Crippen LogP contribution in [0.4, 0.5) is 5.82 Å². The molecule has 1 saturated carbocycles. The predicted molar refractivity (Wildman–Crippen MR) is 100 cm³/mol. The normalized spacial score (nSPS) is 14.1. The molecule has 0 unspecified atom stereocenters. The molecule has 0 spiro atoms. The quantitative estimate of drug-likeness (QED) is 0.583. The fraction of sp³-hybridized carbons (Fsp3) is 0.200. The van der Waals surface area contributed by atoms with Crippen LogP contribution in [0.25, 0.3) is 32.9 Å². The van der Waals surface area contributed by atoms with Crippen LogP contribution >= 0.6 is 0 Å². The molecule has 5 heteroatoms. The van der Waals surface area contributed by atoms with E-state index >= 15 is 0 Å². The largest absolute Gasteiger partial charge is 0.497 e. The average molecular weight is 330 g/mol. The van der Waals surface area contributed by atoms with Crippen LogP contribution in [0.1, 0.15) is 12.8 Å². The third-order valence-electron chi connectivity index (χ3n) is 4.75. The van der Waals surface area contributed by atoms with Gasteiger partial charge in [0.25, 0.3) is 0 Å². The second kappa shape index (κ2) is 5.48. The van der Waals surface area contributed by atoms with Crippen LogP contribution in [0.15, 0.2) is 48.9 Å². The Labute approximate surface area is 145 Å². The number of anilines is 1. The lowest BCUT2D eigenvalue weighted by atomic mass is 10.0. The van der Waals surface area contributed by atoms with Gasteiger partial charge in [-0.1, -0.05) is 18.2 Å². The van der Waals surface area contributed by atoms with Crippen LogP contribution in [-0.2, 0) is 0 Å². The van der Waals surface area contributed by atoms with Crippen molar-refractivity contribution in [3.8, 4) is 16.9 Å². The molecule has 5 nitrogen and oxygen atoms in total. The van der Waals surface area contributed by atoms with E-state index in [0.717, 1.165) is 39.1 Å². The number of fused-ring (bicyclic) bond motifs is 2. The minimum atomic E-state index is 0.546. The molecule has 5 rings (SSSR count). The maximum Gasteiger partial charge on any atom is 0.143 e. The molecule has 1 aliphatic carbocycles. The average Bonchev–Trinajstić information content (AvgIpc) is 3.36. The standard InChI is InChI=1S/C20H18N4O/c1-25-16-7-4-12-8-14(3-2-13(12)9-16)17-10-21-19-18(17)20(23-11-22-19)24-15-5-6-15/h2-4,7-11,15H,5-6H2,1H3,(H2,21,22,23,24). The second-order valence-electron chi connectivity index (χ2n) is 6.49. The lowest BCUT2D eigenvalue weighted by Gasteiger charge is -2.08. The highest BCUT2D eigenvalue weighted by atomic mass is 16.5. The van der Waals surface area contributed by atoms with Crippen molar-refractivity contribution in [2.75, 3.05) is 12.4 Å². The molecule has 2 heterocycles. The lowest BCUT2D eigenvalue weighted by Crippen LogP contribution is -2.03. The minimum absolute atomic E-state index is 0.546. The van der Waals surface area contributed by atoms with E-state index in [4.69, 9.17) is 4.74 Å². The number of methoxy groups -OCH3 is 1. The van der Waals surface area contributed by atoms with Crippen molar-refractivity contribution >= 4 is 27.6 Å². The molecule has 0 bridgehead atoms. The van der Waals surface area contributed by atoms with E-state index in [1.165, 1.54) is 18.2 Å². The van der Waals surface area contributed by atoms with Crippen molar-refractivity contribution in [2.24, 2.45) is 0 Å². The molecular formula is C20H18N4O. The van der Waals surface area contributed by atoms with E-state index in [1.54, 1.807) is 13.4 Å². The molecule has 0 saturated heterocycles. The summed E-state index contributed by atoms with van der Waals surface area (Å²) in [5.74, 6) is 1.79. The first-order valence-electron chi connectivity index (χ1n) is 8.48. The molecule has 1 fully saturated rings. The number of rotatable bonds is 4. The SMILES string of the molecule is COc1ccc2cc(-c3c[nH]c4ncnc(NC5CC5)c34)ccc2c1. The molecule has 0 aliphatic heterocycles. The van der Waals surface area contributed by atoms with E-state index in [0.29, 0.717) is 6.04 Å². The molecule has 2 aromatic carbocycles. The highest BCUT2D eigenvalue weighted by molar-refractivity contribution is 6.02. The van der Waals surface area contributed by atoms with Crippen LogP contribution in [0.2, 0.25) is 0 Å². The Balaban J connectivity index is 1.66. The Morgan fingerprint density at radius 3 is 2.76 bits per heavy atom. The van der Waals surface area contributed by atoms with E-state index in [1.807, 2.05) is 12.3 Å². The van der Waals surface area contributed by atoms with E-state index in [2.05, 4.69) is 50.6 Å². The van der Waals surface area contributed by atoms with Crippen LogP contribution in [0.5, 0.6) is 5.75 Å². The van der Waals surface area contributed by atoms with Crippen molar-refractivity contribution in [1.29, 1.82) is 0 Å². The van der Waals surface area contributed by atoms with Gasteiger partial charge < -0.3 is 15.0 Å². The third-order valence-corrected chi connectivity index (χ3v) is 4.75. The lowest BCUT2D eigenvalue weighted by molar-refractivity contribution is 0.415. The summed E-state index contributed by atoms with van der Waals surface area (Å²) in [6.45, 7) is 0. The molecule has 2 aromatic heterocycles. The Morgan fingerprint density at radius 2 is 1.92 bits per heavy atom. The number of aromatic amines is 1. The fourth-order valence-corrected chi connectivity index (χ4v) is 3.24. The molecule has 2 N–H and O–H groups in total. The van der Waals surface area contributed by atoms with Crippen LogP contribution < -0.4 is 10.1 Å². The van der Waals surface area contributed by atoms with Crippen LogP contribution in [-0.4, -0.2) is 28.1 Å². The summed E-state index contributed by atoms with van der Waals surface area (Å²) < 4.78 is 5.31. The summed E-state index contributed by atoms with van der Waals surface area (Å²) in [5, 5.41) is 6.92. The Morgan fingerprint density at radius 1 is 1.08 bits per heavy atom. The maximum atomic E-state index is 5.31. The number of nitrogens with zero attached hydrogens (tertiary/aromatic N) is 2. The van der Waals surface area contributed by atoms with E-state index in [-0.39, 0.29) is 0 Å². The first-order valence-corrected chi connectivity index (χ1v) is 8.48. The fourth-order valence-electron chi connectivity index (χ4n) is 3.24. The van der Waals surface area contributed by atoms with E-state index in [9.17, 15) is 0 Å². The molecule has 1 aliphatic rings. The summed E-state index contributed by atoms with van der Waals surface area (Å²) in [6, 6.07) is 13.1. The van der Waals surface area contributed by atoms with Gasteiger partial charge in [0.15, 0.2) is 0 Å². The zero-order valence-corrected chi connectivity index (χ0v) is 13.9. The zero-order valence-electron chi connectivity index (χ0n) is 13.9. The van der Waals surface area contributed by atoms with Crippen molar-refractivity contribution in [2.45, 2.75) is 18.9 Å². The van der Waals surface area contributed by atoms with Crippen LogP contribution in [0, 0.1) is 0 Å². The smallest absolute Gasteiger partial charge is 0.143 e. The van der Waals surface area contributed by atoms with Crippen molar-refractivity contribution in [3.63, 3.8) is 0 Å². The van der Waals surface area contributed by atoms with Gasteiger partial charge in [-0.25, -0.2) is 9.97 Å². The van der Waals surface area contributed by atoms with Crippen molar-refractivity contribution in [1.82, 2.24) is 15.0 Å². The Kier molecular flexibility index (Phi) is 3.13. The van der Waals surface area contributed by atoms with Gasteiger partial charge in [-0.3, -0.25) is 0 Å². The van der Waals surface area contributed by atoms with E-state index < -0.39 is 0 Å². The number of hydrogen-bond acceptors (Lipinski definition) is 4. The number of benzene rings is 2. The number of ether oxygens (including phenoxy) is 1. The molecule has 0 amide bonds. The first kappa shape index (κ1) is 14.3. The molecular weight excluding hydrogens is 312 g/mol. The van der Waals surface area contributed by atoms with Gasteiger partial charge in [-0.05, 0) is 47.4 Å². The number of aromatic nitrogens is 3. The molecule has 0 radical (unpaired) electrons. The number of hydrogen-bond donors (Lipinski definition) is 2. The maximum absolute atomic E-state index is 5.31. The topological polar surface area (TPSA) is 62.8 Å². The molecule has 25 heavy (non-hydrogen) atoms. The predicted octanol–water partition coefficient (Wildman–Crippen LogP) is 4.36. The van der Waals surface area contributed by atoms with Gasteiger partial charge in [0.1, 0.15) is 23.5 Å². The monoisotopic (exact) mass is 330 g/mol. The van der Waals surface area contributed by atoms with Gasteiger partial charge in [-0.15, -0.1) is 0 Å². The number of nitrogens with one attached hydrogen (secondary N) is 2. The van der Waals surface area contributed by atoms with Gasteiger partial charge in [0.2, 0.25) is 0 Å². The van der Waals surface area contributed by atoms with Gasteiger partial charge in [-0.2, -0.15) is 0 Å². The van der Waals surface area contributed by atoms with Gasteiger partial charge in [0, 0.05) is 17.8 Å². The Bertz CT molecular complexity index is 1080. The zero-order chi connectivity index (χ0) is 16.8. The van der Waals surface area contributed by atoms with Crippen molar-refractivity contribution in [3.05, 3.63) is 48.9 Å². The molecule has 0 atom stereocenters. The third kappa shape index (κ3) is 2.48. The van der Waals surface area contributed by atoms with Crippen LogP contribution in [0.3, 0.4) is 0 Å². The van der Waals surface area contributed by atoms with Crippen molar-refractivity contribution < 1.29 is 4.74 Å². The minimum Gasteiger partial charge on any atom is -0.497 e.